The molecule has 4 heterocycles. The number of rotatable bonds is 6. The summed E-state index contributed by atoms with van der Waals surface area (Å²) in [6.45, 7) is 2.12. The van der Waals surface area contributed by atoms with Crippen molar-refractivity contribution in [3.05, 3.63) is 87.9 Å². The highest BCUT2D eigenvalue weighted by molar-refractivity contribution is 9.10. The van der Waals surface area contributed by atoms with E-state index >= 15 is 0 Å². The third-order valence-electron chi connectivity index (χ3n) is 8.08. The van der Waals surface area contributed by atoms with Crippen LogP contribution >= 0.6 is 15.9 Å². The maximum Gasteiger partial charge on any atom is 0.253 e. The first kappa shape index (κ1) is 25.0. The second-order valence-electron chi connectivity index (χ2n) is 10.5. The van der Waals surface area contributed by atoms with Crippen LogP contribution in [0, 0.1) is 0 Å². The highest BCUT2D eigenvalue weighted by Crippen LogP contribution is 2.34. The van der Waals surface area contributed by atoms with Gasteiger partial charge in [0.15, 0.2) is 5.65 Å². The number of likely N-dealkylation sites (tertiary alicyclic amines) is 1. The summed E-state index contributed by atoms with van der Waals surface area (Å²) >= 11 is 3.60. The Morgan fingerprint density at radius 3 is 2.50 bits per heavy atom. The lowest BCUT2D eigenvalue weighted by molar-refractivity contribution is 0.0712. The topological polar surface area (TPSA) is 75.4 Å². The van der Waals surface area contributed by atoms with Crippen LogP contribution in [0.5, 0.6) is 0 Å². The molecule has 2 fully saturated rings. The summed E-state index contributed by atoms with van der Waals surface area (Å²) in [6.07, 6.45) is 13.8. The van der Waals surface area contributed by atoms with E-state index in [2.05, 4.69) is 55.6 Å². The Morgan fingerprint density at radius 1 is 0.974 bits per heavy atom. The van der Waals surface area contributed by atoms with Gasteiger partial charge in [-0.2, -0.15) is 9.61 Å². The standard InChI is InChI=1S/C30H33BrN6O/c31-26-20-34-37-28(33-19-21-5-4-14-32-18-21)17-27(35-29(26)37)24-12-15-36(16-13-24)30(38)25-10-8-23(9-11-25)22-6-2-1-3-7-22/h4-5,8-11,14,17-18,20,22,24,33H,1-3,6-7,12-13,15-16,19H2. The molecule has 6 rings (SSSR count). The van der Waals surface area contributed by atoms with Crippen LogP contribution in [0.1, 0.15) is 84.0 Å². The minimum atomic E-state index is 0.138. The summed E-state index contributed by atoms with van der Waals surface area (Å²) in [4.78, 5) is 24.4. The number of pyridine rings is 1. The van der Waals surface area contributed by atoms with Gasteiger partial charge in [-0.15, -0.1) is 0 Å². The molecule has 0 unspecified atom stereocenters. The Labute approximate surface area is 231 Å². The number of nitrogens with one attached hydrogen (secondary N) is 1. The third kappa shape index (κ3) is 5.32. The number of carbonyl (C=O) groups excluding carboxylic acids is 1. The number of fused-ring (bicyclic) bond motifs is 1. The zero-order valence-corrected chi connectivity index (χ0v) is 23.1. The van der Waals surface area contributed by atoms with Crippen molar-refractivity contribution >= 4 is 33.3 Å². The van der Waals surface area contributed by atoms with Gasteiger partial charge in [-0.1, -0.05) is 37.5 Å². The number of benzene rings is 1. The minimum absolute atomic E-state index is 0.138. The minimum Gasteiger partial charge on any atom is -0.366 e. The van der Waals surface area contributed by atoms with E-state index in [0.717, 1.165) is 58.7 Å². The smallest absolute Gasteiger partial charge is 0.253 e. The highest BCUT2D eigenvalue weighted by Gasteiger charge is 2.27. The zero-order chi connectivity index (χ0) is 25.9. The number of piperidine rings is 1. The van der Waals surface area contributed by atoms with E-state index in [1.807, 2.05) is 33.8 Å². The van der Waals surface area contributed by atoms with Crippen molar-refractivity contribution in [2.75, 3.05) is 18.4 Å². The number of halogens is 1. The first-order chi connectivity index (χ1) is 18.7. The predicted octanol–water partition coefficient (Wildman–Crippen LogP) is 6.57. The zero-order valence-electron chi connectivity index (χ0n) is 21.5. The molecule has 1 aliphatic carbocycles. The molecule has 0 spiro atoms. The number of nitrogens with zero attached hydrogens (tertiary/aromatic N) is 5. The Kier molecular flexibility index (Phi) is 7.40. The molecule has 196 valence electrons. The van der Waals surface area contributed by atoms with E-state index in [1.165, 1.54) is 37.7 Å². The average molecular weight is 574 g/mol. The number of anilines is 1. The van der Waals surface area contributed by atoms with Gasteiger partial charge in [0, 0.05) is 55.3 Å². The number of amides is 1. The Bertz CT molecular complexity index is 1390. The SMILES string of the molecule is O=C(c1ccc(C2CCCCC2)cc1)N1CCC(c2cc(NCc3cccnc3)n3ncc(Br)c3n2)CC1. The van der Waals surface area contributed by atoms with Gasteiger partial charge >= 0.3 is 0 Å². The van der Waals surface area contributed by atoms with Gasteiger partial charge in [-0.05, 0) is 76.9 Å². The Morgan fingerprint density at radius 2 is 1.76 bits per heavy atom. The van der Waals surface area contributed by atoms with E-state index in [9.17, 15) is 4.79 Å². The van der Waals surface area contributed by atoms with E-state index < -0.39 is 0 Å². The van der Waals surface area contributed by atoms with Gasteiger partial charge < -0.3 is 10.2 Å². The van der Waals surface area contributed by atoms with Crippen molar-refractivity contribution in [1.82, 2.24) is 24.5 Å². The fourth-order valence-electron chi connectivity index (χ4n) is 5.88. The van der Waals surface area contributed by atoms with Crippen LogP contribution in [0.3, 0.4) is 0 Å². The van der Waals surface area contributed by atoms with E-state index in [4.69, 9.17) is 4.98 Å². The van der Waals surface area contributed by atoms with Crippen molar-refractivity contribution in [2.45, 2.75) is 63.3 Å². The summed E-state index contributed by atoms with van der Waals surface area (Å²) in [5.74, 6) is 1.99. The molecule has 1 amide bonds. The molecular formula is C30H33BrN6O. The molecule has 8 heteroatoms. The number of hydrogen-bond donors (Lipinski definition) is 1. The van der Waals surface area contributed by atoms with Gasteiger partial charge in [-0.25, -0.2) is 4.98 Å². The fourth-order valence-corrected chi connectivity index (χ4v) is 6.23. The van der Waals surface area contributed by atoms with E-state index in [0.29, 0.717) is 18.4 Å². The van der Waals surface area contributed by atoms with Gasteiger partial charge in [-0.3, -0.25) is 9.78 Å². The average Bonchev–Trinajstić information content (AvgIpc) is 3.37. The van der Waals surface area contributed by atoms with Gasteiger partial charge in [0.2, 0.25) is 0 Å². The largest absolute Gasteiger partial charge is 0.366 e. The van der Waals surface area contributed by atoms with E-state index in [1.54, 1.807) is 12.4 Å². The molecule has 1 aromatic carbocycles. The van der Waals surface area contributed by atoms with Crippen molar-refractivity contribution < 1.29 is 4.79 Å². The maximum absolute atomic E-state index is 13.3. The first-order valence-electron chi connectivity index (χ1n) is 13.7. The second-order valence-corrected chi connectivity index (χ2v) is 11.4. The fraction of sp³-hybridized carbons (Fsp3) is 0.400. The maximum atomic E-state index is 13.3. The van der Waals surface area contributed by atoms with Crippen LogP contribution in [-0.4, -0.2) is 43.5 Å². The van der Waals surface area contributed by atoms with Crippen molar-refractivity contribution in [1.29, 1.82) is 0 Å². The van der Waals surface area contributed by atoms with Crippen LogP contribution in [0.25, 0.3) is 5.65 Å². The lowest BCUT2D eigenvalue weighted by Gasteiger charge is -2.32. The van der Waals surface area contributed by atoms with Crippen LogP contribution in [0.4, 0.5) is 5.82 Å². The molecule has 7 nitrogen and oxygen atoms in total. The molecule has 0 atom stereocenters. The number of carbonyl (C=O) groups is 1. The summed E-state index contributed by atoms with van der Waals surface area (Å²) < 4.78 is 2.70. The Hall–Kier alpha value is -3.26. The molecule has 1 aliphatic heterocycles. The molecular weight excluding hydrogens is 540 g/mol. The number of hydrogen-bond acceptors (Lipinski definition) is 5. The quantitative estimate of drug-likeness (QED) is 0.283. The molecule has 38 heavy (non-hydrogen) atoms. The lowest BCUT2D eigenvalue weighted by Crippen LogP contribution is -2.38. The Balaban J connectivity index is 1.13. The van der Waals surface area contributed by atoms with Crippen LogP contribution in [0.15, 0.2) is 65.5 Å². The van der Waals surface area contributed by atoms with Crippen molar-refractivity contribution in [2.24, 2.45) is 0 Å². The summed E-state index contributed by atoms with van der Waals surface area (Å²) in [5.41, 5.74) is 5.13. The monoisotopic (exact) mass is 572 g/mol. The van der Waals surface area contributed by atoms with Crippen molar-refractivity contribution in [3.8, 4) is 0 Å². The second kappa shape index (κ2) is 11.2. The molecule has 0 bridgehead atoms. The summed E-state index contributed by atoms with van der Waals surface area (Å²) in [5, 5.41) is 8.01. The molecule has 3 aromatic heterocycles. The molecule has 1 saturated heterocycles. The molecule has 0 radical (unpaired) electrons. The molecule has 2 aliphatic rings. The van der Waals surface area contributed by atoms with Crippen molar-refractivity contribution in [3.63, 3.8) is 0 Å². The first-order valence-corrected chi connectivity index (χ1v) is 14.5. The lowest BCUT2D eigenvalue weighted by atomic mass is 9.84. The molecule has 4 aromatic rings. The summed E-state index contributed by atoms with van der Waals surface area (Å²) in [6, 6.07) is 14.5. The van der Waals surface area contributed by atoms with Crippen LogP contribution < -0.4 is 5.32 Å². The third-order valence-corrected chi connectivity index (χ3v) is 8.64. The van der Waals surface area contributed by atoms with Crippen LogP contribution in [-0.2, 0) is 6.54 Å². The van der Waals surface area contributed by atoms with E-state index in [-0.39, 0.29) is 5.91 Å². The predicted molar refractivity (Wildman–Crippen MR) is 152 cm³/mol. The van der Waals surface area contributed by atoms with Gasteiger partial charge in [0.25, 0.3) is 5.91 Å². The normalized spacial score (nSPS) is 17.1. The van der Waals surface area contributed by atoms with Gasteiger partial charge in [0.1, 0.15) is 5.82 Å². The molecule has 1 N–H and O–H groups in total. The van der Waals surface area contributed by atoms with Gasteiger partial charge in [0.05, 0.1) is 10.7 Å². The number of aromatic nitrogens is 4. The summed E-state index contributed by atoms with van der Waals surface area (Å²) in [7, 11) is 0. The van der Waals surface area contributed by atoms with Crippen LogP contribution in [0.2, 0.25) is 0 Å². The highest BCUT2D eigenvalue weighted by atomic mass is 79.9. The molecule has 1 saturated carbocycles.